The Morgan fingerprint density at radius 1 is 1.20 bits per heavy atom. The first-order valence-corrected chi connectivity index (χ1v) is 4.47. The summed E-state index contributed by atoms with van der Waals surface area (Å²) in [6, 6.07) is 3.23. The average molecular weight is 208 g/mol. The Balaban J connectivity index is 2.98. The quantitative estimate of drug-likeness (QED) is 0.732. The third kappa shape index (κ3) is 2.56. The van der Waals surface area contributed by atoms with Crippen molar-refractivity contribution in [3.8, 4) is 5.75 Å². The normalized spacial score (nSPS) is 10.0. The first-order chi connectivity index (χ1) is 6.91. The lowest BCUT2D eigenvalue weighted by atomic mass is 10.0. The molecule has 0 radical (unpaired) electrons. The number of ketones is 1. The summed E-state index contributed by atoms with van der Waals surface area (Å²) in [5, 5.41) is 17.9. The molecule has 80 valence electrons. The average Bonchev–Trinajstić information content (AvgIpc) is 2.13. The lowest BCUT2D eigenvalue weighted by molar-refractivity contribution is -0.148. The number of aliphatic carboxylic acids is 1. The Kier molecular flexibility index (Phi) is 3.09. The van der Waals surface area contributed by atoms with Crippen LogP contribution in [-0.4, -0.2) is 22.0 Å². The van der Waals surface area contributed by atoms with Crippen LogP contribution < -0.4 is 0 Å². The van der Waals surface area contributed by atoms with Crippen molar-refractivity contribution in [3.05, 3.63) is 28.8 Å². The van der Waals surface area contributed by atoms with Gasteiger partial charge in [-0.3, -0.25) is 4.79 Å². The predicted molar refractivity (Wildman–Crippen MR) is 53.9 cm³/mol. The number of carbonyl (C=O) groups is 2. The van der Waals surface area contributed by atoms with Gasteiger partial charge in [-0.1, -0.05) is 12.1 Å². The van der Waals surface area contributed by atoms with Crippen LogP contribution in [0.4, 0.5) is 0 Å². The van der Waals surface area contributed by atoms with Gasteiger partial charge in [0.25, 0.3) is 0 Å². The lowest BCUT2D eigenvalue weighted by Gasteiger charge is -2.06. The van der Waals surface area contributed by atoms with E-state index < -0.39 is 11.8 Å². The third-order valence-electron chi connectivity index (χ3n) is 2.15. The molecule has 0 bridgehead atoms. The molecule has 4 nitrogen and oxygen atoms in total. The van der Waals surface area contributed by atoms with Gasteiger partial charge in [-0.15, -0.1) is 0 Å². The number of aromatic hydroxyl groups is 1. The molecule has 1 rings (SSSR count). The molecule has 0 saturated carbocycles. The SMILES string of the molecule is Cc1cc(CC(=O)C(=O)O)cc(C)c1O. The van der Waals surface area contributed by atoms with E-state index in [-0.39, 0.29) is 12.2 Å². The lowest BCUT2D eigenvalue weighted by Crippen LogP contribution is -2.15. The van der Waals surface area contributed by atoms with Crippen LogP contribution in [0.5, 0.6) is 5.75 Å². The van der Waals surface area contributed by atoms with E-state index in [0.717, 1.165) is 0 Å². The van der Waals surface area contributed by atoms with Gasteiger partial charge in [-0.05, 0) is 30.5 Å². The van der Waals surface area contributed by atoms with E-state index in [4.69, 9.17) is 5.11 Å². The molecule has 0 spiro atoms. The van der Waals surface area contributed by atoms with Gasteiger partial charge in [0, 0.05) is 6.42 Å². The highest BCUT2D eigenvalue weighted by Gasteiger charge is 2.13. The van der Waals surface area contributed by atoms with Gasteiger partial charge in [-0.25, -0.2) is 4.79 Å². The van der Waals surface area contributed by atoms with Crippen LogP contribution in [0, 0.1) is 13.8 Å². The summed E-state index contributed by atoms with van der Waals surface area (Å²) >= 11 is 0. The van der Waals surface area contributed by atoms with E-state index in [1.54, 1.807) is 26.0 Å². The Labute approximate surface area is 87.2 Å². The fraction of sp³-hybridized carbons (Fsp3) is 0.273. The van der Waals surface area contributed by atoms with E-state index in [2.05, 4.69) is 0 Å². The highest BCUT2D eigenvalue weighted by atomic mass is 16.4. The number of phenols is 1. The van der Waals surface area contributed by atoms with Gasteiger partial charge >= 0.3 is 5.97 Å². The zero-order valence-electron chi connectivity index (χ0n) is 8.57. The maximum atomic E-state index is 11.0. The first-order valence-electron chi connectivity index (χ1n) is 4.47. The van der Waals surface area contributed by atoms with Crippen molar-refractivity contribution in [2.75, 3.05) is 0 Å². The van der Waals surface area contributed by atoms with Crippen LogP contribution in [0.1, 0.15) is 16.7 Å². The number of hydrogen-bond acceptors (Lipinski definition) is 3. The van der Waals surface area contributed by atoms with Crippen molar-refractivity contribution in [3.63, 3.8) is 0 Å². The molecule has 0 aliphatic rings. The predicted octanol–water partition coefficient (Wildman–Crippen LogP) is 1.21. The molecule has 0 aliphatic heterocycles. The highest BCUT2D eigenvalue weighted by molar-refractivity contribution is 6.33. The number of hydrogen-bond donors (Lipinski definition) is 2. The zero-order chi connectivity index (χ0) is 11.6. The van der Waals surface area contributed by atoms with E-state index >= 15 is 0 Å². The molecule has 0 fully saturated rings. The van der Waals surface area contributed by atoms with E-state index in [0.29, 0.717) is 16.7 Å². The number of rotatable bonds is 3. The molecule has 0 aromatic heterocycles. The molecule has 0 unspecified atom stereocenters. The minimum atomic E-state index is -1.43. The number of Topliss-reactive ketones (excluding diaryl/α,β-unsaturated/α-hetero) is 1. The summed E-state index contributed by atoms with van der Waals surface area (Å²) in [4.78, 5) is 21.3. The monoisotopic (exact) mass is 208 g/mol. The fourth-order valence-electron chi connectivity index (χ4n) is 1.41. The second kappa shape index (κ2) is 4.13. The first kappa shape index (κ1) is 11.2. The van der Waals surface area contributed by atoms with Crippen molar-refractivity contribution in [2.45, 2.75) is 20.3 Å². The van der Waals surface area contributed by atoms with Crippen molar-refractivity contribution in [2.24, 2.45) is 0 Å². The molecule has 0 aliphatic carbocycles. The van der Waals surface area contributed by atoms with Crippen LogP contribution in [0.2, 0.25) is 0 Å². The summed E-state index contributed by atoms with van der Waals surface area (Å²) in [5.41, 5.74) is 1.89. The second-order valence-electron chi connectivity index (χ2n) is 3.48. The molecular weight excluding hydrogens is 196 g/mol. The molecule has 0 atom stereocenters. The van der Waals surface area contributed by atoms with Crippen molar-refractivity contribution in [1.82, 2.24) is 0 Å². The Bertz CT molecular complexity index is 398. The second-order valence-corrected chi connectivity index (χ2v) is 3.48. The summed E-state index contributed by atoms with van der Waals surface area (Å²) in [6.45, 7) is 3.41. The minimum Gasteiger partial charge on any atom is -0.507 e. The highest BCUT2D eigenvalue weighted by Crippen LogP contribution is 2.23. The molecule has 15 heavy (non-hydrogen) atoms. The molecule has 0 amide bonds. The van der Waals surface area contributed by atoms with Crippen LogP contribution in [0.15, 0.2) is 12.1 Å². The van der Waals surface area contributed by atoms with Crippen LogP contribution >= 0.6 is 0 Å². The molecule has 2 N–H and O–H groups in total. The number of carboxylic acids is 1. The maximum absolute atomic E-state index is 11.0. The largest absolute Gasteiger partial charge is 0.507 e. The Morgan fingerprint density at radius 2 is 1.67 bits per heavy atom. The summed E-state index contributed by atoms with van der Waals surface area (Å²) in [6.07, 6.45) is -0.142. The number of phenolic OH excluding ortho intramolecular Hbond substituents is 1. The summed E-state index contributed by atoms with van der Waals surface area (Å²) in [5.74, 6) is -2.10. The molecule has 1 aromatic carbocycles. The van der Waals surface area contributed by atoms with Gasteiger partial charge in [0.05, 0.1) is 0 Å². The van der Waals surface area contributed by atoms with E-state index in [1.165, 1.54) is 0 Å². The molecular formula is C11H12O4. The van der Waals surface area contributed by atoms with E-state index in [9.17, 15) is 14.7 Å². The molecule has 1 aromatic rings. The summed E-state index contributed by atoms with van der Waals surface area (Å²) < 4.78 is 0. The summed E-state index contributed by atoms with van der Waals surface area (Å²) in [7, 11) is 0. The standard InChI is InChI=1S/C11H12O4/c1-6-3-8(4-7(2)10(6)13)5-9(12)11(14)15/h3-4,13H,5H2,1-2H3,(H,14,15). The number of benzene rings is 1. The minimum absolute atomic E-state index is 0.142. The topological polar surface area (TPSA) is 74.6 Å². The smallest absolute Gasteiger partial charge is 0.372 e. The van der Waals surface area contributed by atoms with Crippen LogP contribution in [0.25, 0.3) is 0 Å². The molecule has 0 saturated heterocycles. The number of carboxylic acid groups (broad SMARTS) is 1. The Hall–Kier alpha value is -1.84. The van der Waals surface area contributed by atoms with Crippen LogP contribution in [-0.2, 0) is 16.0 Å². The zero-order valence-corrected chi connectivity index (χ0v) is 8.57. The van der Waals surface area contributed by atoms with Crippen molar-refractivity contribution in [1.29, 1.82) is 0 Å². The maximum Gasteiger partial charge on any atom is 0.372 e. The van der Waals surface area contributed by atoms with E-state index in [1.807, 2.05) is 0 Å². The van der Waals surface area contributed by atoms with Crippen molar-refractivity contribution < 1.29 is 19.8 Å². The van der Waals surface area contributed by atoms with Gasteiger partial charge in [0.1, 0.15) is 5.75 Å². The number of aryl methyl sites for hydroxylation is 2. The molecule has 4 heteroatoms. The number of carbonyl (C=O) groups excluding carboxylic acids is 1. The van der Waals surface area contributed by atoms with Gasteiger partial charge < -0.3 is 10.2 Å². The third-order valence-corrected chi connectivity index (χ3v) is 2.15. The van der Waals surface area contributed by atoms with Gasteiger partial charge in [-0.2, -0.15) is 0 Å². The van der Waals surface area contributed by atoms with Gasteiger partial charge in [0.2, 0.25) is 5.78 Å². The molecule has 0 heterocycles. The van der Waals surface area contributed by atoms with Crippen molar-refractivity contribution >= 4 is 11.8 Å². The van der Waals surface area contributed by atoms with Crippen LogP contribution in [0.3, 0.4) is 0 Å². The van der Waals surface area contributed by atoms with Gasteiger partial charge in [0.15, 0.2) is 0 Å². The fourth-order valence-corrected chi connectivity index (χ4v) is 1.41. The Morgan fingerprint density at radius 3 is 2.07 bits per heavy atom.